The van der Waals surface area contributed by atoms with Gasteiger partial charge in [-0.2, -0.15) is 5.10 Å². The molecule has 0 fully saturated rings. The van der Waals surface area contributed by atoms with Gasteiger partial charge in [-0.25, -0.2) is 9.48 Å². The molecule has 0 saturated carbocycles. The van der Waals surface area contributed by atoms with Gasteiger partial charge in [-0.1, -0.05) is 18.2 Å². The van der Waals surface area contributed by atoms with Crippen LogP contribution in [0.15, 0.2) is 53.3 Å². The summed E-state index contributed by atoms with van der Waals surface area (Å²) in [5.74, 6) is -2.56. The van der Waals surface area contributed by atoms with E-state index in [0.29, 0.717) is 4.68 Å². The third-order valence-electron chi connectivity index (χ3n) is 3.74. The summed E-state index contributed by atoms with van der Waals surface area (Å²) in [6.07, 6.45) is -4.84. The standard InChI is InChI=1S/C18H12F3N3O5/c19-18(20,21)29-11-7-5-10(6-8-11)22-14(25)9-24-16(26)13-4-2-1-3-12(13)15(23-24)17(27)28/h1-8H,9H2,(H,22,25)(H,27,28). The number of rotatable bonds is 5. The molecule has 0 aliphatic carbocycles. The lowest BCUT2D eigenvalue weighted by Gasteiger charge is -2.11. The van der Waals surface area contributed by atoms with Crippen LogP contribution >= 0.6 is 0 Å². The number of hydrogen-bond acceptors (Lipinski definition) is 5. The Morgan fingerprint density at radius 2 is 1.69 bits per heavy atom. The number of carboxylic acid groups (broad SMARTS) is 1. The van der Waals surface area contributed by atoms with Gasteiger partial charge in [0.15, 0.2) is 5.69 Å². The summed E-state index contributed by atoms with van der Waals surface area (Å²) < 4.78 is 40.9. The van der Waals surface area contributed by atoms with Crippen molar-refractivity contribution >= 4 is 28.3 Å². The number of aromatic nitrogens is 2. The van der Waals surface area contributed by atoms with E-state index in [4.69, 9.17) is 0 Å². The van der Waals surface area contributed by atoms with Crippen molar-refractivity contribution in [3.05, 3.63) is 64.6 Å². The van der Waals surface area contributed by atoms with E-state index in [0.717, 1.165) is 12.1 Å². The molecule has 0 spiro atoms. The van der Waals surface area contributed by atoms with Crippen LogP contribution in [0.1, 0.15) is 10.5 Å². The van der Waals surface area contributed by atoms with Crippen molar-refractivity contribution in [1.82, 2.24) is 9.78 Å². The molecule has 150 valence electrons. The summed E-state index contributed by atoms with van der Waals surface area (Å²) in [7, 11) is 0. The molecule has 8 nitrogen and oxygen atoms in total. The molecule has 2 aromatic carbocycles. The van der Waals surface area contributed by atoms with Crippen LogP contribution in [0.25, 0.3) is 10.8 Å². The second kappa shape index (κ2) is 7.62. The van der Waals surface area contributed by atoms with Gasteiger partial charge in [0.05, 0.1) is 5.39 Å². The van der Waals surface area contributed by atoms with Crippen molar-refractivity contribution in [2.45, 2.75) is 12.9 Å². The van der Waals surface area contributed by atoms with Gasteiger partial charge in [0.25, 0.3) is 5.56 Å². The van der Waals surface area contributed by atoms with E-state index < -0.39 is 36.1 Å². The Labute approximate surface area is 160 Å². The number of aromatic carboxylic acids is 1. The summed E-state index contributed by atoms with van der Waals surface area (Å²) >= 11 is 0. The minimum absolute atomic E-state index is 0.0846. The zero-order chi connectivity index (χ0) is 21.2. The lowest BCUT2D eigenvalue weighted by atomic mass is 10.1. The summed E-state index contributed by atoms with van der Waals surface area (Å²) in [5.41, 5.74) is -0.895. The number of alkyl halides is 3. The molecule has 29 heavy (non-hydrogen) atoms. The number of amides is 1. The number of nitrogens with zero attached hydrogens (tertiary/aromatic N) is 2. The van der Waals surface area contributed by atoms with Crippen molar-refractivity contribution in [1.29, 1.82) is 0 Å². The number of ether oxygens (including phenoxy) is 1. The van der Waals surface area contributed by atoms with E-state index >= 15 is 0 Å². The van der Waals surface area contributed by atoms with Crippen LogP contribution in [-0.2, 0) is 11.3 Å². The SMILES string of the molecule is O=C(Cn1nc(C(=O)O)c2ccccc2c1=O)Nc1ccc(OC(F)(F)F)cc1. The number of carboxylic acids is 1. The molecule has 1 amide bonds. The molecule has 1 aromatic heterocycles. The average Bonchev–Trinajstić information content (AvgIpc) is 2.64. The van der Waals surface area contributed by atoms with Crippen LogP contribution in [0.2, 0.25) is 0 Å². The number of anilines is 1. The molecule has 0 unspecified atom stereocenters. The van der Waals surface area contributed by atoms with Crippen LogP contribution in [0.3, 0.4) is 0 Å². The molecule has 3 aromatic rings. The first-order valence-corrected chi connectivity index (χ1v) is 8.03. The van der Waals surface area contributed by atoms with Gasteiger partial charge in [-0.3, -0.25) is 9.59 Å². The van der Waals surface area contributed by atoms with Gasteiger partial charge < -0.3 is 15.2 Å². The van der Waals surface area contributed by atoms with Crippen LogP contribution in [0, 0.1) is 0 Å². The van der Waals surface area contributed by atoms with Crippen molar-refractivity contribution in [3.8, 4) is 5.75 Å². The maximum atomic E-state index is 12.5. The van der Waals surface area contributed by atoms with Crippen LogP contribution < -0.4 is 15.6 Å². The summed E-state index contributed by atoms with van der Waals surface area (Å²) in [4.78, 5) is 36.1. The van der Waals surface area contributed by atoms with Gasteiger partial charge in [0, 0.05) is 11.1 Å². The second-order valence-electron chi connectivity index (χ2n) is 5.78. The summed E-state index contributed by atoms with van der Waals surface area (Å²) in [5, 5.41) is 15.6. The zero-order valence-corrected chi connectivity index (χ0v) is 14.4. The zero-order valence-electron chi connectivity index (χ0n) is 14.4. The molecule has 0 radical (unpaired) electrons. The molecule has 11 heteroatoms. The Morgan fingerprint density at radius 1 is 1.07 bits per heavy atom. The summed E-state index contributed by atoms with van der Waals surface area (Å²) in [6.45, 7) is -0.593. The van der Waals surface area contributed by atoms with Crippen LogP contribution in [-0.4, -0.2) is 33.1 Å². The predicted octanol–water partition coefficient (Wildman–Crippen LogP) is 2.63. The van der Waals surface area contributed by atoms with Crippen molar-refractivity contribution in [3.63, 3.8) is 0 Å². The van der Waals surface area contributed by atoms with Crippen molar-refractivity contribution in [2.75, 3.05) is 5.32 Å². The van der Waals surface area contributed by atoms with Crippen LogP contribution in [0.5, 0.6) is 5.75 Å². The van der Waals surface area contributed by atoms with Gasteiger partial charge in [0.1, 0.15) is 12.3 Å². The van der Waals surface area contributed by atoms with Crippen LogP contribution in [0.4, 0.5) is 18.9 Å². The van der Waals surface area contributed by atoms with E-state index in [9.17, 15) is 32.7 Å². The Bertz CT molecular complexity index is 1140. The molecule has 0 atom stereocenters. The highest BCUT2D eigenvalue weighted by molar-refractivity contribution is 6.01. The Morgan fingerprint density at radius 3 is 2.28 bits per heavy atom. The average molecular weight is 407 g/mol. The van der Waals surface area contributed by atoms with Gasteiger partial charge in [-0.15, -0.1) is 13.2 Å². The molecular weight excluding hydrogens is 395 g/mol. The first-order chi connectivity index (χ1) is 13.6. The minimum atomic E-state index is -4.84. The monoisotopic (exact) mass is 407 g/mol. The molecule has 2 N–H and O–H groups in total. The smallest absolute Gasteiger partial charge is 0.476 e. The van der Waals surface area contributed by atoms with Gasteiger partial charge >= 0.3 is 12.3 Å². The van der Waals surface area contributed by atoms with E-state index in [1.165, 1.54) is 24.3 Å². The molecule has 0 aliphatic rings. The highest BCUT2D eigenvalue weighted by Crippen LogP contribution is 2.24. The molecule has 0 saturated heterocycles. The number of halogens is 3. The molecule has 0 bridgehead atoms. The molecule has 3 rings (SSSR count). The number of hydrogen-bond donors (Lipinski definition) is 2. The lowest BCUT2D eigenvalue weighted by Crippen LogP contribution is -2.31. The number of carbonyl (C=O) groups is 2. The third kappa shape index (κ3) is 4.69. The predicted molar refractivity (Wildman–Crippen MR) is 94.7 cm³/mol. The van der Waals surface area contributed by atoms with Gasteiger partial charge in [0.2, 0.25) is 5.91 Å². The quantitative estimate of drug-likeness (QED) is 0.673. The Kier molecular flexibility index (Phi) is 5.22. The number of nitrogens with one attached hydrogen (secondary N) is 1. The van der Waals surface area contributed by atoms with Gasteiger partial charge in [-0.05, 0) is 30.3 Å². The fourth-order valence-corrected chi connectivity index (χ4v) is 2.58. The molecule has 1 heterocycles. The van der Waals surface area contributed by atoms with E-state index in [2.05, 4.69) is 15.2 Å². The third-order valence-corrected chi connectivity index (χ3v) is 3.74. The number of fused-ring (bicyclic) bond motifs is 1. The highest BCUT2D eigenvalue weighted by atomic mass is 19.4. The largest absolute Gasteiger partial charge is 0.573 e. The number of benzene rings is 2. The molecular formula is C18H12F3N3O5. The van der Waals surface area contributed by atoms with Crippen molar-refractivity contribution < 1.29 is 32.6 Å². The fraction of sp³-hybridized carbons (Fsp3) is 0.111. The van der Waals surface area contributed by atoms with Crippen molar-refractivity contribution in [2.24, 2.45) is 0 Å². The number of carbonyl (C=O) groups excluding carboxylic acids is 1. The highest BCUT2D eigenvalue weighted by Gasteiger charge is 2.31. The first-order valence-electron chi connectivity index (χ1n) is 8.03. The molecule has 0 aliphatic heterocycles. The van der Waals surface area contributed by atoms with E-state index in [1.54, 1.807) is 12.1 Å². The maximum Gasteiger partial charge on any atom is 0.573 e. The fourth-order valence-electron chi connectivity index (χ4n) is 2.58. The minimum Gasteiger partial charge on any atom is -0.476 e. The Balaban J connectivity index is 1.80. The van der Waals surface area contributed by atoms with E-state index in [1.807, 2.05) is 0 Å². The van der Waals surface area contributed by atoms with E-state index in [-0.39, 0.29) is 22.2 Å². The lowest BCUT2D eigenvalue weighted by molar-refractivity contribution is -0.274. The first kappa shape index (κ1) is 19.9. The normalized spacial score (nSPS) is 11.3. The summed E-state index contributed by atoms with van der Waals surface area (Å²) in [6, 6.07) is 10.3. The Hall–Kier alpha value is -3.89. The second-order valence-corrected chi connectivity index (χ2v) is 5.78. The topological polar surface area (TPSA) is 111 Å². The maximum absolute atomic E-state index is 12.5.